The van der Waals surface area contributed by atoms with Gasteiger partial charge in [-0.2, -0.15) is 0 Å². The average molecular weight is 248 g/mol. The summed E-state index contributed by atoms with van der Waals surface area (Å²) in [7, 11) is 0. The zero-order valence-corrected chi connectivity index (χ0v) is 11.4. The predicted molar refractivity (Wildman–Crippen MR) is 76.7 cm³/mol. The number of benzene rings is 1. The summed E-state index contributed by atoms with van der Waals surface area (Å²) < 4.78 is 0. The highest BCUT2D eigenvalue weighted by Crippen LogP contribution is 2.32. The lowest BCUT2D eigenvalue weighted by Crippen LogP contribution is -2.40. The fourth-order valence-electron chi connectivity index (χ4n) is 2.58. The van der Waals surface area contributed by atoms with E-state index in [-0.39, 0.29) is 0 Å². The Bertz CT molecular complexity index is 409. The molecular weight excluding hydrogens is 224 g/mol. The summed E-state index contributed by atoms with van der Waals surface area (Å²) >= 11 is 0. The van der Waals surface area contributed by atoms with Crippen molar-refractivity contribution in [1.29, 1.82) is 0 Å². The molecule has 3 nitrogen and oxygen atoms in total. The molecule has 1 aromatic rings. The van der Waals surface area contributed by atoms with Gasteiger partial charge in [0.25, 0.3) is 0 Å². The second-order valence-corrected chi connectivity index (χ2v) is 5.85. The second-order valence-electron chi connectivity index (χ2n) is 5.85. The number of hydrogen-bond donors (Lipinski definition) is 3. The predicted octanol–water partition coefficient (Wildman–Crippen LogP) is 2.93. The molecule has 0 atom stereocenters. The van der Waals surface area contributed by atoms with Crippen molar-refractivity contribution >= 4 is 11.4 Å². The number of nitrogens with two attached hydrogens (primary N) is 1. The molecule has 0 unspecified atom stereocenters. The van der Waals surface area contributed by atoms with Crippen LogP contribution in [0, 0.1) is 12.8 Å². The summed E-state index contributed by atoms with van der Waals surface area (Å²) in [5, 5.41) is 13.8. The Balaban J connectivity index is 1.94. The Kier molecular flexibility index (Phi) is 3.81. The largest absolute Gasteiger partial charge is 0.397 e. The van der Waals surface area contributed by atoms with E-state index < -0.39 is 5.60 Å². The van der Waals surface area contributed by atoms with Crippen LogP contribution in [-0.2, 0) is 0 Å². The highest BCUT2D eigenvalue weighted by molar-refractivity contribution is 5.66. The minimum atomic E-state index is -0.566. The van der Waals surface area contributed by atoms with Crippen LogP contribution >= 0.6 is 0 Å². The van der Waals surface area contributed by atoms with Crippen LogP contribution in [0.2, 0.25) is 0 Å². The van der Waals surface area contributed by atoms with Gasteiger partial charge in [0.2, 0.25) is 0 Å². The Morgan fingerprint density at radius 3 is 2.67 bits per heavy atom. The summed E-state index contributed by atoms with van der Waals surface area (Å²) in [5.41, 5.74) is 8.22. The molecule has 100 valence electrons. The third-order valence-corrected chi connectivity index (χ3v) is 4.02. The molecule has 1 aliphatic rings. The average Bonchev–Trinajstić information content (AvgIpc) is 2.32. The van der Waals surface area contributed by atoms with Gasteiger partial charge in [0.1, 0.15) is 0 Å². The van der Waals surface area contributed by atoms with Gasteiger partial charge in [0, 0.05) is 6.54 Å². The number of hydrogen-bond acceptors (Lipinski definition) is 3. The van der Waals surface area contributed by atoms with Crippen molar-refractivity contribution in [2.75, 3.05) is 17.6 Å². The lowest BCUT2D eigenvalue weighted by molar-refractivity contribution is 0.00503. The van der Waals surface area contributed by atoms with Crippen LogP contribution in [-0.4, -0.2) is 17.3 Å². The number of aryl methyl sites for hydroxylation is 1. The van der Waals surface area contributed by atoms with Crippen LogP contribution in [0.5, 0.6) is 0 Å². The van der Waals surface area contributed by atoms with Gasteiger partial charge in [-0.1, -0.05) is 13.0 Å². The maximum absolute atomic E-state index is 10.5. The van der Waals surface area contributed by atoms with E-state index in [2.05, 4.69) is 12.2 Å². The highest BCUT2D eigenvalue weighted by atomic mass is 16.3. The molecule has 1 aliphatic carbocycles. The van der Waals surface area contributed by atoms with Crippen LogP contribution in [0.25, 0.3) is 0 Å². The minimum Gasteiger partial charge on any atom is -0.397 e. The van der Waals surface area contributed by atoms with Crippen LogP contribution in [0.3, 0.4) is 0 Å². The van der Waals surface area contributed by atoms with Crippen LogP contribution in [0.4, 0.5) is 11.4 Å². The van der Waals surface area contributed by atoms with Crippen molar-refractivity contribution in [2.24, 2.45) is 5.92 Å². The Morgan fingerprint density at radius 2 is 2.06 bits per heavy atom. The Labute approximate surface area is 109 Å². The van der Waals surface area contributed by atoms with E-state index in [9.17, 15) is 5.11 Å². The van der Waals surface area contributed by atoms with Crippen molar-refractivity contribution in [1.82, 2.24) is 0 Å². The second kappa shape index (κ2) is 5.19. The number of aliphatic hydroxyl groups is 1. The zero-order chi connectivity index (χ0) is 13.2. The molecule has 4 N–H and O–H groups in total. The fraction of sp³-hybridized carbons (Fsp3) is 0.600. The van der Waals surface area contributed by atoms with Crippen LogP contribution in [0.1, 0.15) is 38.2 Å². The van der Waals surface area contributed by atoms with E-state index in [0.717, 1.165) is 48.5 Å². The molecule has 0 aromatic heterocycles. The van der Waals surface area contributed by atoms with Gasteiger partial charge in [-0.3, -0.25) is 0 Å². The number of nitrogens with one attached hydrogen (secondary N) is 1. The van der Waals surface area contributed by atoms with E-state index >= 15 is 0 Å². The fourth-order valence-corrected chi connectivity index (χ4v) is 2.58. The van der Waals surface area contributed by atoms with Gasteiger partial charge in [0.05, 0.1) is 17.0 Å². The molecule has 0 amide bonds. The smallest absolute Gasteiger partial charge is 0.0819 e. The van der Waals surface area contributed by atoms with Crippen LogP contribution in [0.15, 0.2) is 18.2 Å². The lowest BCUT2D eigenvalue weighted by Gasteiger charge is -2.35. The molecule has 1 aromatic carbocycles. The Morgan fingerprint density at radius 1 is 1.39 bits per heavy atom. The van der Waals surface area contributed by atoms with Gasteiger partial charge in [-0.15, -0.1) is 0 Å². The molecule has 0 spiro atoms. The molecule has 1 fully saturated rings. The molecule has 2 rings (SSSR count). The number of rotatable bonds is 3. The number of anilines is 2. The van der Waals surface area contributed by atoms with Crippen molar-refractivity contribution in [2.45, 2.75) is 45.1 Å². The van der Waals surface area contributed by atoms with E-state index in [0.29, 0.717) is 6.54 Å². The molecule has 18 heavy (non-hydrogen) atoms. The minimum absolute atomic E-state index is 0.566. The molecule has 0 bridgehead atoms. The van der Waals surface area contributed by atoms with Crippen LogP contribution < -0.4 is 11.1 Å². The zero-order valence-electron chi connectivity index (χ0n) is 11.4. The van der Waals surface area contributed by atoms with Crippen molar-refractivity contribution < 1.29 is 5.11 Å². The van der Waals surface area contributed by atoms with Gasteiger partial charge in [-0.25, -0.2) is 0 Å². The number of nitrogen functional groups attached to an aromatic ring is 1. The van der Waals surface area contributed by atoms with E-state index in [4.69, 9.17) is 5.73 Å². The summed E-state index contributed by atoms with van der Waals surface area (Å²) in [6, 6.07) is 5.97. The van der Waals surface area contributed by atoms with E-state index in [1.807, 2.05) is 25.1 Å². The lowest BCUT2D eigenvalue weighted by atomic mass is 9.79. The van der Waals surface area contributed by atoms with E-state index in [1.165, 1.54) is 0 Å². The SMILES string of the molecule is Cc1ccc(NCC2(O)CCC(C)CC2)c(N)c1. The molecule has 0 aliphatic heterocycles. The molecular formula is C15H24N2O. The third-order valence-electron chi connectivity index (χ3n) is 4.02. The summed E-state index contributed by atoms with van der Waals surface area (Å²) in [5.74, 6) is 0.745. The van der Waals surface area contributed by atoms with E-state index in [1.54, 1.807) is 0 Å². The van der Waals surface area contributed by atoms with Gasteiger partial charge < -0.3 is 16.2 Å². The third kappa shape index (κ3) is 3.16. The quantitative estimate of drug-likeness (QED) is 0.721. The summed E-state index contributed by atoms with van der Waals surface area (Å²) in [6.07, 6.45) is 3.99. The van der Waals surface area contributed by atoms with Crippen molar-refractivity contribution in [3.8, 4) is 0 Å². The topological polar surface area (TPSA) is 58.3 Å². The first-order valence-electron chi connectivity index (χ1n) is 6.81. The van der Waals surface area contributed by atoms with Crippen molar-refractivity contribution in [3.05, 3.63) is 23.8 Å². The van der Waals surface area contributed by atoms with Crippen molar-refractivity contribution in [3.63, 3.8) is 0 Å². The molecule has 0 saturated heterocycles. The summed E-state index contributed by atoms with van der Waals surface area (Å²) in [6.45, 7) is 4.87. The molecule has 1 saturated carbocycles. The molecule has 0 heterocycles. The molecule has 3 heteroatoms. The standard InChI is InChI=1S/C15H24N2O/c1-11-5-7-15(18,8-6-11)10-17-14-4-3-12(2)9-13(14)16/h3-4,9,11,17-18H,5-8,10,16H2,1-2H3. The first-order chi connectivity index (χ1) is 8.48. The van der Waals surface area contributed by atoms with Gasteiger partial charge >= 0.3 is 0 Å². The first-order valence-corrected chi connectivity index (χ1v) is 6.81. The first kappa shape index (κ1) is 13.2. The van der Waals surface area contributed by atoms with Gasteiger partial charge in [-0.05, 0) is 56.2 Å². The monoisotopic (exact) mass is 248 g/mol. The maximum Gasteiger partial charge on any atom is 0.0819 e. The highest BCUT2D eigenvalue weighted by Gasteiger charge is 2.31. The molecule has 0 radical (unpaired) electrons. The Hall–Kier alpha value is -1.22. The normalized spacial score (nSPS) is 28.1. The summed E-state index contributed by atoms with van der Waals surface area (Å²) in [4.78, 5) is 0. The van der Waals surface area contributed by atoms with Gasteiger partial charge in [0.15, 0.2) is 0 Å². The maximum atomic E-state index is 10.5.